The summed E-state index contributed by atoms with van der Waals surface area (Å²) in [7, 11) is 5.03. The van der Waals surface area contributed by atoms with Crippen molar-refractivity contribution in [3.8, 4) is 0 Å². The highest BCUT2D eigenvalue weighted by molar-refractivity contribution is 6.22. The lowest BCUT2D eigenvalue weighted by Crippen LogP contribution is -2.27. The van der Waals surface area contributed by atoms with Gasteiger partial charge in [-0.15, -0.1) is 0 Å². The number of benzodiazepines with no additional fused rings is 1. The van der Waals surface area contributed by atoms with E-state index in [-0.39, 0.29) is 22.7 Å². The molecule has 0 radical (unpaired) electrons. The monoisotopic (exact) mass is 368 g/mol. The third kappa shape index (κ3) is 3.41. The lowest BCUT2D eigenvalue weighted by Gasteiger charge is -2.18. The van der Waals surface area contributed by atoms with Crippen molar-refractivity contribution in [2.75, 3.05) is 26.0 Å². The molecule has 2 aromatic carbocycles. The molecule has 2 aromatic rings. The first-order valence-corrected chi connectivity index (χ1v) is 8.08. The highest BCUT2D eigenvalue weighted by Gasteiger charge is 2.29. The van der Waals surface area contributed by atoms with Gasteiger partial charge in [0.05, 0.1) is 16.3 Å². The predicted octanol–water partition coefficient (Wildman–Crippen LogP) is 2.95. The molecule has 0 atom stereocenters. The van der Waals surface area contributed by atoms with Crippen LogP contribution in [0.3, 0.4) is 0 Å². The second-order valence-electron chi connectivity index (χ2n) is 6.24. The molecule has 8 heteroatoms. The Morgan fingerprint density at radius 2 is 1.89 bits per heavy atom. The molecule has 3 rings (SSSR count). The first kappa shape index (κ1) is 18.2. The molecule has 1 heterocycles. The van der Waals surface area contributed by atoms with Gasteiger partial charge >= 0.3 is 0 Å². The van der Waals surface area contributed by atoms with Crippen molar-refractivity contribution in [3.05, 3.63) is 81.4 Å². The molecule has 0 saturated carbocycles. The number of nitrogens with zero attached hydrogens (tertiary/aromatic N) is 4. The van der Waals surface area contributed by atoms with Crippen LogP contribution < -0.4 is 4.90 Å². The third-order valence-corrected chi connectivity index (χ3v) is 4.07. The van der Waals surface area contributed by atoms with Crippen LogP contribution in [0.5, 0.6) is 0 Å². The number of likely N-dealkylation sites (N-methyl/N-ethyl adjacent to an activating group) is 1. The van der Waals surface area contributed by atoms with E-state index in [0.29, 0.717) is 11.3 Å². The van der Waals surface area contributed by atoms with Gasteiger partial charge in [0.15, 0.2) is 0 Å². The molecule has 1 amide bonds. The minimum absolute atomic E-state index is 0.0969. The van der Waals surface area contributed by atoms with Gasteiger partial charge in [-0.2, -0.15) is 0 Å². The molecular weight excluding hydrogens is 351 g/mol. The zero-order valence-corrected chi connectivity index (χ0v) is 15.0. The average Bonchev–Trinajstić information content (AvgIpc) is 2.72. The van der Waals surface area contributed by atoms with Crippen LogP contribution in [0, 0.1) is 15.9 Å². The molecule has 0 aliphatic carbocycles. The number of non-ortho nitro benzene ring substituents is 1. The highest BCUT2D eigenvalue weighted by Crippen LogP contribution is 2.32. The number of carbonyl (C=O) groups excluding carboxylic acids is 1. The summed E-state index contributed by atoms with van der Waals surface area (Å²) >= 11 is 0. The Balaban J connectivity index is 2.36. The topological polar surface area (TPSA) is 79.0 Å². The SMILES string of the molecule is CN(C)C=C1N=C(c2ccccc2F)c2cc([N+](=O)[O-])ccc2N(C)C1=O. The number of nitro benzene ring substituents is 1. The Labute approximate surface area is 155 Å². The number of rotatable bonds is 3. The van der Waals surface area contributed by atoms with Crippen molar-refractivity contribution in [1.82, 2.24) is 4.90 Å². The first-order valence-electron chi connectivity index (χ1n) is 8.08. The van der Waals surface area contributed by atoms with Crippen LogP contribution in [-0.2, 0) is 4.79 Å². The summed E-state index contributed by atoms with van der Waals surface area (Å²) in [5.74, 6) is -0.931. The van der Waals surface area contributed by atoms with Crippen molar-refractivity contribution in [2.24, 2.45) is 4.99 Å². The Bertz CT molecular complexity index is 998. The summed E-state index contributed by atoms with van der Waals surface area (Å²) in [6, 6.07) is 10.1. The van der Waals surface area contributed by atoms with E-state index in [0.717, 1.165) is 0 Å². The van der Waals surface area contributed by atoms with Gasteiger partial charge in [-0.25, -0.2) is 9.38 Å². The van der Waals surface area contributed by atoms with E-state index in [9.17, 15) is 19.3 Å². The zero-order chi connectivity index (χ0) is 19.7. The van der Waals surface area contributed by atoms with E-state index < -0.39 is 16.6 Å². The summed E-state index contributed by atoms with van der Waals surface area (Å²) in [5, 5.41) is 11.2. The Morgan fingerprint density at radius 1 is 1.19 bits per heavy atom. The molecular formula is C19H17FN4O3. The van der Waals surface area contributed by atoms with Crippen LogP contribution in [0.25, 0.3) is 0 Å². The van der Waals surface area contributed by atoms with Gasteiger partial charge in [-0.1, -0.05) is 12.1 Å². The number of halogens is 1. The second-order valence-corrected chi connectivity index (χ2v) is 6.24. The van der Waals surface area contributed by atoms with Gasteiger partial charge in [0, 0.05) is 50.6 Å². The molecule has 0 aromatic heterocycles. The molecule has 0 spiro atoms. The van der Waals surface area contributed by atoms with E-state index in [2.05, 4.69) is 4.99 Å². The fraction of sp³-hybridized carbons (Fsp3) is 0.158. The first-order chi connectivity index (χ1) is 12.8. The van der Waals surface area contributed by atoms with Crippen molar-refractivity contribution in [2.45, 2.75) is 0 Å². The number of anilines is 1. The third-order valence-electron chi connectivity index (χ3n) is 4.07. The van der Waals surface area contributed by atoms with Gasteiger partial charge in [0.25, 0.3) is 11.6 Å². The number of fused-ring (bicyclic) bond motifs is 1. The number of nitro groups is 1. The normalized spacial score (nSPS) is 15.3. The molecule has 0 bridgehead atoms. The molecule has 138 valence electrons. The van der Waals surface area contributed by atoms with Gasteiger partial charge in [0.1, 0.15) is 11.5 Å². The number of aliphatic imine (C=N–C) groups is 1. The fourth-order valence-electron chi connectivity index (χ4n) is 2.82. The molecule has 1 aliphatic heterocycles. The second kappa shape index (κ2) is 6.99. The summed E-state index contributed by atoms with van der Waals surface area (Å²) in [6.45, 7) is 0. The van der Waals surface area contributed by atoms with Crippen molar-refractivity contribution >= 4 is 23.0 Å². The Kier molecular flexibility index (Phi) is 4.72. The largest absolute Gasteiger partial charge is 0.382 e. The van der Waals surface area contributed by atoms with Gasteiger partial charge in [0.2, 0.25) is 0 Å². The Hall–Kier alpha value is -3.55. The fourth-order valence-corrected chi connectivity index (χ4v) is 2.82. The smallest absolute Gasteiger partial charge is 0.278 e. The molecule has 0 unspecified atom stereocenters. The van der Waals surface area contributed by atoms with Crippen molar-refractivity contribution in [3.63, 3.8) is 0 Å². The number of carbonyl (C=O) groups is 1. The van der Waals surface area contributed by atoms with Crippen LogP contribution in [0.4, 0.5) is 15.8 Å². The molecule has 0 N–H and O–H groups in total. The summed E-state index contributed by atoms with van der Waals surface area (Å²) in [4.78, 5) is 30.9. The van der Waals surface area contributed by atoms with E-state index in [1.54, 1.807) is 32.1 Å². The standard InChI is InChI=1S/C19H17FN4O3/c1-22(2)11-16-19(25)23(3)17-9-8-12(24(26)27)10-14(17)18(21-16)13-6-4-5-7-15(13)20/h4-11H,1-3H3. The maximum atomic E-state index is 14.5. The minimum Gasteiger partial charge on any atom is -0.382 e. The van der Waals surface area contributed by atoms with Crippen LogP contribution in [0.2, 0.25) is 0 Å². The van der Waals surface area contributed by atoms with Gasteiger partial charge in [-0.3, -0.25) is 14.9 Å². The predicted molar refractivity (Wildman–Crippen MR) is 100 cm³/mol. The van der Waals surface area contributed by atoms with E-state index in [1.807, 2.05) is 0 Å². The average molecular weight is 368 g/mol. The molecule has 27 heavy (non-hydrogen) atoms. The van der Waals surface area contributed by atoms with E-state index >= 15 is 0 Å². The zero-order valence-electron chi connectivity index (χ0n) is 15.0. The van der Waals surface area contributed by atoms with Gasteiger partial charge < -0.3 is 9.80 Å². The lowest BCUT2D eigenvalue weighted by molar-refractivity contribution is -0.384. The summed E-state index contributed by atoms with van der Waals surface area (Å²) in [6.07, 6.45) is 1.53. The Morgan fingerprint density at radius 3 is 2.52 bits per heavy atom. The van der Waals surface area contributed by atoms with E-state index in [4.69, 9.17) is 0 Å². The number of amides is 1. The molecule has 0 saturated heterocycles. The number of benzene rings is 2. The van der Waals surface area contributed by atoms with Crippen LogP contribution >= 0.6 is 0 Å². The van der Waals surface area contributed by atoms with Crippen LogP contribution in [-0.4, -0.2) is 42.6 Å². The van der Waals surface area contributed by atoms with Gasteiger partial charge in [-0.05, 0) is 18.2 Å². The molecule has 7 nitrogen and oxygen atoms in total. The lowest BCUT2D eigenvalue weighted by atomic mass is 9.99. The highest BCUT2D eigenvalue weighted by atomic mass is 19.1. The summed E-state index contributed by atoms with van der Waals surface area (Å²) in [5.41, 5.74) is 0.977. The number of hydrogen-bond donors (Lipinski definition) is 0. The number of hydrogen-bond acceptors (Lipinski definition) is 5. The van der Waals surface area contributed by atoms with Crippen LogP contribution in [0.15, 0.2) is 59.4 Å². The molecule has 0 fully saturated rings. The maximum Gasteiger partial charge on any atom is 0.278 e. The maximum absolute atomic E-state index is 14.5. The minimum atomic E-state index is -0.539. The quantitative estimate of drug-likeness (QED) is 0.474. The molecule has 1 aliphatic rings. The van der Waals surface area contributed by atoms with E-state index in [1.165, 1.54) is 47.5 Å². The van der Waals surface area contributed by atoms with Crippen LogP contribution in [0.1, 0.15) is 11.1 Å². The van der Waals surface area contributed by atoms with Crippen molar-refractivity contribution < 1.29 is 14.1 Å². The van der Waals surface area contributed by atoms with Crippen molar-refractivity contribution in [1.29, 1.82) is 0 Å². The summed E-state index contributed by atoms with van der Waals surface area (Å²) < 4.78 is 14.5.